The number of aryl methyl sites for hydroxylation is 1. The fourth-order valence-corrected chi connectivity index (χ4v) is 6.39. The molecule has 2 aromatic heterocycles. The third kappa shape index (κ3) is 4.90. The van der Waals surface area contributed by atoms with Crippen molar-refractivity contribution in [2.45, 2.75) is 37.7 Å². The van der Waals surface area contributed by atoms with Crippen molar-refractivity contribution in [1.82, 2.24) is 15.2 Å². The van der Waals surface area contributed by atoms with Crippen molar-refractivity contribution in [1.29, 1.82) is 0 Å². The zero-order valence-corrected chi connectivity index (χ0v) is 19.0. The van der Waals surface area contributed by atoms with Crippen LogP contribution in [-0.2, 0) is 26.7 Å². The summed E-state index contributed by atoms with van der Waals surface area (Å²) < 4.78 is 34.2. The fourth-order valence-electron chi connectivity index (χ4n) is 3.81. The van der Waals surface area contributed by atoms with E-state index in [9.17, 15) is 13.2 Å². The van der Waals surface area contributed by atoms with Crippen molar-refractivity contribution in [2.75, 3.05) is 18.1 Å². The lowest BCUT2D eigenvalue weighted by molar-refractivity contribution is 0.0524. The minimum Gasteiger partial charge on any atom is -0.462 e. The van der Waals surface area contributed by atoms with Crippen molar-refractivity contribution in [3.8, 4) is 0 Å². The smallest absolute Gasteiger partial charge is 0.340 e. The number of benzene rings is 1. The summed E-state index contributed by atoms with van der Waals surface area (Å²) in [5, 5.41) is 9.38. The first-order valence-electron chi connectivity index (χ1n) is 10.1. The Labute approximate surface area is 184 Å². The third-order valence-corrected chi connectivity index (χ3v) is 7.94. The molecule has 1 aliphatic heterocycles. The quantitative estimate of drug-likeness (QED) is 0.386. The van der Waals surface area contributed by atoms with Crippen LogP contribution in [0.1, 0.15) is 40.9 Å². The predicted octanol–water partition coefficient (Wildman–Crippen LogP) is 3.37. The molecule has 0 bridgehead atoms. The minimum atomic E-state index is -2.94. The van der Waals surface area contributed by atoms with Gasteiger partial charge in [-0.3, -0.25) is 4.98 Å². The first-order valence-corrected chi connectivity index (χ1v) is 12.9. The van der Waals surface area contributed by atoms with Crippen molar-refractivity contribution < 1.29 is 22.4 Å². The average molecular weight is 462 g/mol. The minimum absolute atomic E-state index is 0.0171. The number of carbonyl (C=O) groups is 1. The molecule has 1 saturated heterocycles. The van der Waals surface area contributed by atoms with Gasteiger partial charge in [-0.05, 0) is 37.8 Å². The molecule has 0 radical (unpaired) electrons. The highest BCUT2D eigenvalue weighted by atomic mass is 32.2. The molecule has 1 aliphatic rings. The number of rotatable bonds is 7. The summed E-state index contributed by atoms with van der Waals surface area (Å²) in [5.74, 6) is 0.793. The van der Waals surface area contributed by atoms with Gasteiger partial charge in [0.15, 0.2) is 9.84 Å². The van der Waals surface area contributed by atoms with Crippen LogP contribution in [0.15, 0.2) is 33.9 Å². The number of pyridine rings is 1. The molecule has 3 aromatic rings. The maximum absolute atomic E-state index is 12.6. The molecule has 0 saturated carbocycles. The number of esters is 1. The highest BCUT2D eigenvalue weighted by Crippen LogP contribution is 2.29. The number of para-hydroxylation sites is 1. The van der Waals surface area contributed by atoms with Crippen LogP contribution in [0.2, 0.25) is 0 Å². The van der Waals surface area contributed by atoms with Gasteiger partial charge in [0.1, 0.15) is 0 Å². The Bertz CT molecular complexity index is 1220. The van der Waals surface area contributed by atoms with Gasteiger partial charge >= 0.3 is 5.97 Å². The summed E-state index contributed by atoms with van der Waals surface area (Å²) in [5.41, 5.74) is 2.69. The summed E-state index contributed by atoms with van der Waals surface area (Å²) >= 11 is 1.29. The van der Waals surface area contributed by atoms with Gasteiger partial charge in [0, 0.05) is 17.6 Å². The van der Waals surface area contributed by atoms with Gasteiger partial charge in [-0.1, -0.05) is 30.0 Å². The van der Waals surface area contributed by atoms with Gasteiger partial charge in [0.2, 0.25) is 5.89 Å². The zero-order valence-electron chi connectivity index (χ0n) is 17.3. The lowest BCUT2D eigenvalue weighted by atomic mass is 10.0. The second-order valence-corrected chi connectivity index (χ2v) is 10.7. The van der Waals surface area contributed by atoms with Gasteiger partial charge in [0.05, 0.1) is 34.9 Å². The normalized spacial score (nSPS) is 17.8. The number of ether oxygens (including phenoxy) is 1. The summed E-state index contributed by atoms with van der Waals surface area (Å²) in [6.07, 6.45) is 1.07. The second-order valence-electron chi connectivity index (χ2n) is 7.52. The Kier molecular flexibility index (Phi) is 6.29. The zero-order chi connectivity index (χ0) is 22.0. The van der Waals surface area contributed by atoms with E-state index in [1.54, 1.807) is 6.92 Å². The van der Waals surface area contributed by atoms with E-state index in [2.05, 4.69) is 15.2 Å². The molecule has 1 fully saturated rings. The summed E-state index contributed by atoms with van der Waals surface area (Å²) in [6.45, 7) is 3.94. The third-order valence-electron chi connectivity index (χ3n) is 5.28. The molecular weight excluding hydrogens is 438 g/mol. The van der Waals surface area contributed by atoms with Crippen LogP contribution >= 0.6 is 11.8 Å². The molecule has 0 spiro atoms. The molecule has 31 heavy (non-hydrogen) atoms. The first kappa shape index (κ1) is 21.8. The monoisotopic (exact) mass is 461 g/mol. The maximum Gasteiger partial charge on any atom is 0.340 e. The second kappa shape index (κ2) is 8.96. The van der Waals surface area contributed by atoms with Crippen LogP contribution in [0.25, 0.3) is 10.9 Å². The fraction of sp³-hybridized carbons (Fsp3) is 0.429. The Morgan fingerprint density at radius 2 is 2.10 bits per heavy atom. The van der Waals surface area contributed by atoms with Crippen LogP contribution in [0, 0.1) is 12.8 Å². The SMILES string of the molecule is CCOC(=O)c1c(CSc2nnc(CC3CCS(=O)(=O)C3)o2)nc2ccccc2c1C. The van der Waals surface area contributed by atoms with E-state index in [4.69, 9.17) is 9.15 Å². The molecule has 10 heteroatoms. The van der Waals surface area contributed by atoms with E-state index < -0.39 is 15.8 Å². The number of fused-ring (bicyclic) bond motifs is 1. The average Bonchev–Trinajstić information content (AvgIpc) is 3.32. The topological polar surface area (TPSA) is 112 Å². The largest absolute Gasteiger partial charge is 0.462 e. The van der Waals surface area contributed by atoms with Crippen LogP contribution in [0.4, 0.5) is 0 Å². The van der Waals surface area contributed by atoms with Crippen molar-refractivity contribution in [2.24, 2.45) is 5.92 Å². The summed E-state index contributed by atoms with van der Waals surface area (Å²) in [4.78, 5) is 17.3. The number of aromatic nitrogens is 3. The van der Waals surface area contributed by atoms with Gasteiger partial charge in [-0.25, -0.2) is 13.2 Å². The number of hydrogen-bond acceptors (Lipinski definition) is 9. The molecule has 0 amide bonds. The molecular formula is C21H23N3O5S2. The molecule has 164 valence electrons. The van der Waals surface area contributed by atoms with E-state index in [0.29, 0.717) is 41.0 Å². The number of thioether (sulfide) groups is 1. The van der Waals surface area contributed by atoms with Crippen molar-refractivity contribution in [3.05, 3.63) is 47.0 Å². The summed E-state index contributed by atoms with van der Waals surface area (Å²) in [7, 11) is -2.94. The van der Waals surface area contributed by atoms with Crippen molar-refractivity contribution >= 4 is 38.5 Å². The first-order chi connectivity index (χ1) is 14.9. The Morgan fingerprint density at radius 3 is 2.84 bits per heavy atom. The molecule has 0 aliphatic carbocycles. The van der Waals surface area contributed by atoms with Crippen molar-refractivity contribution in [3.63, 3.8) is 0 Å². The molecule has 1 unspecified atom stereocenters. The van der Waals surface area contributed by atoms with Gasteiger partial charge in [-0.2, -0.15) is 0 Å². The highest BCUT2D eigenvalue weighted by molar-refractivity contribution is 7.98. The number of sulfone groups is 1. The lowest BCUT2D eigenvalue weighted by Gasteiger charge is -2.13. The van der Waals surface area contributed by atoms with Gasteiger partial charge < -0.3 is 9.15 Å². The number of hydrogen-bond donors (Lipinski definition) is 0. The molecule has 1 atom stereocenters. The molecule has 1 aromatic carbocycles. The van der Waals surface area contributed by atoms with Crippen LogP contribution in [-0.4, -0.2) is 47.7 Å². The number of nitrogens with zero attached hydrogens (tertiary/aromatic N) is 3. The molecule has 0 N–H and O–H groups in total. The summed E-state index contributed by atoms with van der Waals surface area (Å²) in [6, 6.07) is 7.66. The van der Waals surface area contributed by atoms with E-state index >= 15 is 0 Å². The number of carbonyl (C=O) groups excluding carboxylic acids is 1. The van der Waals surface area contributed by atoms with Crippen LogP contribution < -0.4 is 0 Å². The predicted molar refractivity (Wildman–Crippen MR) is 117 cm³/mol. The Hall–Kier alpha value is -2.46. The Morgan fingerprint density at radius 1 is 1.29 bits per heavy atom. The van der Waals surface area contributed by atoms with E-state index in [1.807, 2.05) is 31.2 Å². The molecule has 4 rings (SSSR count). The highest BCUT2D eigenvalue weighted by Gasteiger charge is 2.29. The van der Waals surface area contributed by atoms with Gasteiger partial charge in [0.25, 0.3) is 5.22 Å². The Balaban J connectivity index is 1.53. The van der Waals surface area contributed by atoms with Crippen LogP contribution in [0.3, 0.4) is 0 Å². The standard InChI is InChI=1S/C21H23N3O5S2/c1-3-28-20(25)19-13(2)15-6-4-5-7-16(15)22-17(19)11-30-21-24-23-18(29-21)10-14-8-9-31(26,27)12-14/h4-7,14H,3,8-12H2,1-2H3. The van der Waals surface area contributed by atoms with Gasteiger partial charge in [-0.15, -0.1) is 10.2 Å². The van der Waals surface area contributed by atoms with Crippen LogP contribution in [0.5, 0.6) is 0 Å². The van der Waals surface area contributed by atoms with E-state index in [1.165, 1.54) is 11.8 Å². The van der Waals surface area contributed by atoms with E-state index in [-0.39, 0.29) is 24.0 Å². The maximum atomic E-state index is 12.6. The lowest BCUT2D eigenvalue weighted by Crippen LogP contribution is -2.12. The van der Waals surface area contributed by atoms with E-state index in [0.717, 1.165) is 16.5 Å². The molecule has 3 heterocycles. The molecule has 8 nitrogen and oxygen atoms in total.